The number of hydrogen-bond donors (Lipinski definition) is 1. The van der Waals surface area contributed by atoms with Crippen molar-refractivity contribution in [3.8, 4) is 0 Å². The van der Waals surface area contributed by atoms with E-state index in [1.54, 1.807) is 0 Å². The van der Waals surface area contributed by atoms with Gasteiger partial charge in [-0.1, -0.05) is 19.4 Å². The normalized spacial score (nSPS) is 24.9. The van der Waals surface area contributed by atoms with Crippen molar-refractivity contribution >= 4 is 0 Å². The Morgan fingerprint density at radius 1 is 1.44 bits per heavy atom. The Labute approximate surface area is 98.5 Å². The predicted octanol–water partition coefficient (Wildman–Crippen LogP) is 2.92. The van der Waals surface area contributed by atoms with Crippen molar-refractivity contribution in [2.24, 2.45) is 11.8 Å². The lowest BCUT2D eigenvalue weighted by atomic mass is 10.1. The van der Waals surface area contributed by atoms with E-state index in [1.165, 1.54) is 30.5 Å². The van der Waals surface area contributed by atoms with Crippen LogP contribution in [0.1, 0.15) is 37.4 Å². The molecule has 2 rings (SSSR count). The fraction of sp³-hybridized carbons (Fsp3) is 0.643. The van der Waals surface area contributed by atoms with E-state index in [2.05, 4.69) is 30.2 Å². The van der Waals surface area contributed by atoms with Gasteiger partial charge in [0.2, 0.25) is 0 Å². The third kappa shape index (κ3) is 3.05. The van der Waals surface area contributed by atoms with E-state index < -0.39 is 0 Å². The van der Waals surface area contributed by atoms with Crippen molar-refractivity contribution in [3.63, 3.8) is 0 Å². The molecule has 16 heavy (non-hydrogen) atoms. The molecule has 2 unspecified atom stereocenters. The van der Waals surface area contributed by atoms with Gasteiger partial charge in [-0.05, 0) is 49.8 Å². The molecule has 0 radical (unpaired) electrons. The summed E-state index contributed by atoms with van der Waals surface area (Å²) in [5.41, 5.74) is 2.48. The minimum Gasteiger partial charge on any atom is -0.311 e. The first kappa shape index (κ1) is 11.6. The van der Waals surface area contributed by atoms with Crippen LogP contribution in [0.2, 0.25) is 0 Å². The molecule has 1 aromatic heterocycles. The fourth-order valence-electron chi connectivity index (χ4n) is 2.61. The molecule has 1 fully saturated rings. The van der Waals surface area contributed by atoms with Gasteiger partial charge in [0.25, 0.3) is 0 Å². The maximum atomic E-state index is 4.39. The smallest absolute Gasteiger partial charge is 0.0570 e. The Morgan fingerprint density at radius 2 is 2.31 bits per heavy atom. The monoisotopic (exact) mass is 218 g/mol. The van der Waals surface area contributed by atoms with E-state index in [4.69, 9.17) is 0 Å². The largest absolute Gasteiger partial charge is 0.311 e. The first-order chi connectivity index (χ1) is 7.75. The molecule has 1 aliphatic rings. The van der Waals surface area contributed by atoms with Crippen molar-refractivity contribution in [1.29, 1.82) is 0 Å². The highest BCUT2D eigenvalue weighted by atomic mass is 14.9. The molecule has 0 spiro atoms. The molecule has 1 saturated carbocycles. The van der Waals surface area contributed by atoms with Gasteiger partial charge >= 0.3 is 0 Å². The average molecular weight is 218 g/mol. The van der Waals surface area contributed by atoms with Gasteiger partial charge in [0.15, 0.2) is 0 Å². The molecule has 1 heterocycles. The van der Waals surface area contributed by atoms with Gasteiger partial charge in [0, 0.05) is 12.7 Å². The Morgan fingerprint density at radius 3 is 3.00 bits per heavy atom. The molecule has 0 aliphatic heterocycles. The van der Waals surface area contributed by atoms with Crippen LogP contribution in [0.5, 0.6) is 0 Å². The number of aryl methyl sites for hydroxylation is 1. The van der Waals surface area contributed by atoms with Crippen LogP contribution < -0.4 is 5.32 Å². The Hall–Kier alpha value is -0.890. The number of pyridine rings is 1. The van der Waals surface area contributed by atoms with Crippen LogP contribution in [0.25, 0.3) is 0 Å². The maximum Gasteiger partial charge on any atom is 0.0570 e. The van der Waals surface area contributed by atoms with Crippen molar-refractivity contribution in [1.82, 2.24) is 10.3 Å². The van der Waals surface area contributed by atoms with E-state index in [9.17, 15) is 0 Å². The van der Waals surface area contributed by atoms with Gasteiger partial charge in [-0.2, -0.15) is 0 Å². The molecule has 0 aromatic carbocycles. The molecular formula is C14H22N2. The number of rotatable bonds is 4. The van der Waals surface area contributed by atoms with Gasteiger partial charge in [-0.15, -0.1) is 0 Å². The van der Waals surface area contributed by atoms with Crippen molar-refractivity contribution in [3.05, 3.63) is 29.6 Å². The zero-order valence-corrected chi connectivity index (χ0v) is 10.4. The van der Waals surface area contributed by atoms with Crippen LogP contribution in [0.4, 0.5) is 0 Å². The average Bonchev–Trinajstić information content (AvgIpc) is 2.67. The molecule has 0 saturated heterocycles. The third-order valence-electron chi connectivity index (χ3n) is 3.65. The first-order valence-corrected chi connectivity index (χ1v) is 6.37. The van der Waals surface area contributed by atoms with Crippen LogP contribution in [-0.4, -0.2) is 11.5 Å². The fourth-order valence-corrected chi connectivity index (χ4v) is 2.61. The van der Waals surface area contributed by atoms with E-state index in [-0.39, 0.29) is 0 Å². The summed E-state index contributed by atoms with van der Waals surface area (Å²) < 4.78 is 0. The zero-order valence-electron chi connectivity index (χ0n) is 10.4. The summed E-state index contributed by atoms with van der Waals surface area (Å²) in [5.74, 6) is 1.82. The van der Waals surface area contributed by atoms with Crippen LogP contribution in [0, 0.1) is 18.8 Å². The van der Waals surface area contributed by atoms with Crippen LogP contribution in [0.15, 0.2) is 18.3 Å². The summed E-state index contributed by atoms with van der Waals surface area (Å²) >= 11 is 0. The maximum absolute atomic E-state index is 4.39. The van der Waals surface area contributed by atoms with E-state index in [0.29, 0.717) is 0 Å². The molecule has 2 nitrogen and oxygen atoms in total. The minimum absolute atomic E-state index is 0.888. The van der Waals surface area contributed by atoms with Crippen molar-refractivity contribution < 1.29 is 0 Å². The lowest BCUT2D eigenvalue weighted by molar-refractivity contribution is 0.468. The van der Waals surface area contributed by atoms with E-state index >= 15 is 0 Å². The molecule has 88 valence electrons. The Balaban J connectivity index is 1.74. The Kier molecular flexibility index (Phi) is 3.94. The second kappa shape index (κ2) is 5.44. The summed E-state index contributed by atoms with van der Waals surface area (Å²) in [5, 5.41) is 3.54. The highest BCUT2D eigenvalue weighted by Gasteiger charge is 2.20. The van der Waals surface area contributed by atoms with E-state index in [1.807, 2.05) is 12.3 Å². The van der Waals surface area contributed by atoms with Gasteiger partial charge in [0.1, 0.15) is 0 Å². The summed E-state index contributed by atoms with van der Waals surface area (Å²) in [6.45, 7) is 6.56. The molecular weight excluding hydrogens is 196 g/mol. The standard InChI is InChI=1S/C14H22N2/c1-11-5-6-13(8-11)9-15-10-14-12(2)4-3-7-16-14/h3-4,7,11,13,15H,5-6,8-10H2,1-2H3. The topological polar surface area (TPSA) is 24.9 Å². The molecule has 1 aromatic rings. The summed E-state index contributed by atoms with van der Waals surface area (Å²) in [6, 6.07) is 4.12. The van der Waals surface area contributed by atoms with Gasteiger partial charge in [-0.25, -0.2) is 0 Å². The number of nitrogens with zero attached hydrogens (tertiary/aromatic N) is 1. The highest BCUT2D eigenvalue weighted by Crippen LogP contribution is 2.29. The third-order valence-corrected chi connectivity index (χ3v) is 3.65. The van der Waals surface area contributed by atoms with E-state index in [0.717, 1.165) is 24.9 Å². The minimum atomic E-state index is 0.888. The molecule has 1 N–H and O–H groups in total. The number of hydrogen-bond acceptors (Lipinski definition) is 2. The lowest BCUT2D eigenvalue weighted by Gasteiger charge is -2.11. The van der Waals surface area contributed by atoms with Crippen LogP contribution in [0.3, 0.4) is 0 Å². The highest BCUT2D eigenvalue weighted by molar-refractivity contribution is 5.17. The predicted molar refractivity (Wildman–Crippen MR) is 67.2 cm³/mol. The van der Waals surface area contributed by atoms with Gasteiger partial charge < -0.3 is 5.32 Å². The SMILES string of the molecule is Cc1cccnc1CNCC1CCC(C)C1. The zero-order chi connectivity index (χ0) is 11.4. The van der Waals surface area contributed by atoms with Crippen LogP contribution >= 0.6 is 0 Å². The first-order valence-electron chi connectivity index (χ1n) is 6.37. The second-order valence-electron chi connectivity index (χ2n) is 5.18. The molecule has 0 bridgehead atoms. The molecule has 2 heteroatoms. The summed E-state index contributed by atoms with van der Waals surface area (Å²) in [7, 11) is 0. The quantitative estimate of drug-likeness (QED) is 0.840. The number of aromatic nitrogens is 1. The van der Waals surface area contributed by atoms with Gasteiger partial charge in [0.05, 0.1) is 5.69 Å². The second-order valence-corrected chi connectivity index (χ2v) is 5.18. The summed E-state index contributed by atoms with van der Waals surface area (Å²) in [4.78, 5) is 4.39. The lowest BCUT2D eigenvalue weighted by Crippen LogP contribution is -2.21. The van der Waals surface area contributed by atoms with Crippen molar-refractivity contribution in [2.75, 3.05) is 6.54 Å². The molecule has 1 aliphatic carbocycles. The van der Waals surface area contributed by atoms with Crippen LogP contribution in [-0.2, 0) is 6.54 Å². The molecule has 0 amide bonds. The van der Waals surface area contributed by atoms with Gasteiger partial charge in [-0.3, -0.25) is 4.98 Å². The number of nitrogens with one attached hydrogen (secondary N) is 1. The Bertz CT molecular complexity index is 335. The van der Waals surface area contributed by atoms with Crippen molar-refractivity contribution in [2.45, 2.75) is 39.7 Å². The summed E-state index contributed by atoms with van der Waals surface area (Å²) in [6.07, 6.45) is 6.08. The molecule has 2 atom stereocenters.